The van der Waals surface area contributed by atoms with Crippen LogP contribution in [0.25, 0.3) is 0 Å². The van der Waals surface area contributed by atoms with Crippen molar-refractivity contribution in [3.63, 3.8) is 0 Å². The second-order valence-corrected chi connectivity index (χ2v) is 4.74. The van der Waals surface area contributed by atoms with Gasteiger partial charge in [0.15, 0.2) is 0 Å². The second kappa shape index (κ2) is 4.37. The number of benzene rings is 1. The predicted molar refractivity (Wildman–Crippen MR) is 68.3 cm³/mol. The molecule has 0 amide bonds. The Kier molecular flexibility index (Phi) is 3.10. The van der Waals surface area contributed by atoms with E-state index in [2.05, 4.69) is 4.90 Å². The van der Waals surface area contributed by atoms with E-state index in [1.807, 2.05) is 13.0 Å². The standard InChI is InChI=1S/C12H15FN2S/c1-8(12(14)16)7-15-5-4-9-2-3-10(13)6-11(9)15/h2-3,6,8H,4-5,7H2,1H3,(H2,14,16). The Labute approximate surface area is 100 Å². The molecule has 1 aliphatic heterocycles. The number of anilines is 1. The van der Waals surface area contributed by atoms with Gasteiger partial charge in [0.1, 0.15) is 5.82 Å². The third-order valence-electron chi connectivity index (χ3n) is 3.02. The molecule has 2 N–H and O–H groups in total. The molecule has 0 aromatic heterocycles. The van der Waals surface area contributed by atoms with E-state index in [0.717, 1.165) is 25.2 Å². The van der Waals surface area contributed by atoms with Crippen molar-refractivity contribution in [1.29, 1.82) is 0 Å². The highest BCUT2D eigenvalue weighted by molar-refractivity contribution is 7.80. The topological polar surface area (TPSA) is 29.3 Å². The summed E-state index contributed by atoms with van der Waals surface area (Å²) in [6.45, 7) is 3.69. The largest absolute Gasteiger partial charge is 0.393 e. The van der Waals surface area contributed by atoms with Crippen molar-refractivity contribution in [3.8, 4) is 0 Å². The Morgan fingerprint density at radius 3 is 3.06 bits per heavy atom. The number of nitrogens with two attached hydrogens (primary N) is 1. The molecule has 0 spiro atoms. The number of rotatable bonds is 3. The molecule has 1 atom stereocenters. The monoisotopic (exact) mass is 238 g/mol. The van der Waals surface area contributed by atoms with Gasteiger partial charge in [-0.2, -0.15) is 0 Å². The maximum atomic E-state index is 13.2. The fraction of sp³-hybridized carbons (Fsp3) is 0.417. The van der Waals surface area contributed by atoms with Gasteiger partial charge in [-0.05, 0) is 24.1 Å². The van der Waals surface area contributed by atoms with Gasteiger partial charge in [-0.15, -0.1) is 0 Å². The lowest BCUT2D eigenvalue weighted by Gasteiger charge is -2.23. The number of hydrogen-bond donors (Lipinski definition) is 1. The van der Waals surface area contributed by atoms with Crippen molar-refractivity contribution in [1.82, 2.24) is 0 Å². The molecule has 4 heteroatoms. The van der Waals surface area contributed by atoms with Crippen LogP contribution in [0.5, 0.6) is 0 Å². The van der Waals surface area contributed by atoms with E-state index in [-0.39, 0.29) is 11.7 Å². The Morgan fingerprint density at radius 2 is 2.38 bits per heavy atom. The second-order valence-electron chi connectivity index (χ2n) is 4.27. The van der Waals surface area contributed by atoms with Crippen molar-refractivity contribution >= 4 is 22.9 Å². The molecule has 2 rings (SSSR count). The fourth-order valence-electron chi connectivity index (χ4n) is 2.03. The van der Waals surface area contributed by atoms with Crippen LogP contribution in [-0.2, 0) is 6.42 Å². The lowest BCUT2D eigenvalue weighted by molar-refractivity contribution is 0.626. The van der Waals surface area contributed by atoms with Gasteiger partial charge >= 0.3 is 0 Å². The zero-order valence-electron chi connectivity index (χ0n) is 9.24. The van der Waals surface area contributed by atoms with Gasteiger partial charge in [-0.25, -0.2) is 4.39 Å². The molecule has 0 bridgehead atoms. The molecule has 0 aliphatic carbocycles. The molecule has 1 aliphatic rings. The van der Waals surface area contributed by atoms with Gasteiger partial charge in [0.2, 0.25) is 0 Å². The summed E-state index contributed by atoms with van der Waals surface area (Å²) in [6.07, 6.45) is 0.972. The van der Waals surface area contributed by atoms with Crippen LogP contribution in [0.1, 0.15) is 12.5 Å². The van der Waals surface area contributed by atoms with Crippen LogP contribution in [0.4, 0.5) is 10.1 Å². The fourth-order valence-corrected chi connectivity index (χ4v) is 2.10. The zero-order chi connectivity index (χ0) is 11.7. The van der Waals surface area contributed by atoms with Crippen LogP contribution in [-0.4, -0.2) is 18.1 Å². The average Bonchev–Trinajstić information content (AvgIpc) is 2.61. The summed E-state index contributed by atoms with van der Waals surface area (Å²) in [6, 6.07) is 4.96. The van der Waals surface area contributed by atoms with Crippen LogP contribution in [0.3, 0.4) is 0 Å². The molecule has 0 saturated heterocycles. The molecule has 16 heavy (non-hydrogen) atoms. The molecule has 1 unspecified atom stereocenters. The first-order valence-electron chi connectivity index (χ1n) is 5.40. The first-order chi connectivity index (χ1) is 7.58. The number of halogens is 1. The van der Waals surface area contributed by atoms with Gasteiger partial charge in [0, 0.05) is 24.7 Å². The van der Waals surface area contributed by atoms with Crippen molar-refractivity contribution < 1.29 is 4.39 Å². The summed E-state index contributed by atoms with van der Waals surface area (Å²) in [5.41, 5.74) is 7.79. The van der Waals surface area contributed by atoms with Crippen LogP contribution in [0, 0.1) is 11.7 Å². The van der Waals surface area contributed by atoms with Crippen LogP contribution < -0.4 is 10.6 Å². The lowest BCUT2D eigenvalue weighted by Crippen LogP contribution is -2.32. The molecular formula is C12H15FN2S. The van der Waals surface area contributed by atoms with Crippen molar-refractivity contribution in [2.24, 2.45) is 11.7 Å². The summed E-state index contributed by atoms with van der Waals surface area (Å²) >= 11 is 4.95. The van der Waals surface area contributed by atoms with Gasteiger partial charge < -0.3 is 10.6 Å². The quantitative estimate of drug-likeness (QED) is 0.818. The van der Waals surface area contributed by atoms with E-state index >= 15 is 0 Å². The molecule has 1 heterocycles. The van der Waals surface area contributed by atoms with E-state index in [1.165, 1.54) is 11.6 Å². The summed E-state index contributed by atoms with van der Waals surface area (Å²) in [7, 11) is 0. The van der Waals surface area contributed by atoms with Gasteiger partial charge in [0.05, 0.1) is 4.99 Å². The Morgan fingerprint density at radius 1 is 1.62 bits per heavy atom. The summed E-state index contributed by atoms with van der Waals surface area (Å²) in [4.78, 5) is 2.67. The molecule has 86 valence electrons. The van der Waals surface area contributed by atoms with E-state index in [9.17, 15) is 4.39 Å². The highest BCUT2D eigenvalue weighted by Gasteiger charge is 2.21. The first kappa shape index (κ1) is 11.3. The summed E-state index contributed by atoms with van der Waals surface area (Å²) in [5.74, 6) is -0.0298. The third kappa shape index (κ3) is 2.16. The molecule has 2 nitrogen and oxygen atoms in total. The number of hydrogen-bond acceptors (Lipinski definition) is 2. The normalized spacial score (nSPS) is 16.0. The minimum atomic E-state index is -0.186. The van der Waals surface area contributed by atoms with Gasteiger partial charge in [-0.3, -0.25) is 0 Å². The maximum absolute atomic E-state index is 13.2. The van der Waals surface area contributed by atoms with Crippen molar-refractivity contribution in [2.75, 3.05) is 18.0 Å². The smallest absolute Gasteiger partial charge is 0.125 e. The van der Waals surface area contributed by atoms with Crippen LogP contribution >= 0.6 is 12.2 Å². The van der Waals surface area contributed by atoms with E-state index in [1.54, 1.807) is 6.07 Å². The van der Waals surface area contributed by atoms with Crippen LogP contribution in [0.15, 0.2) is 18.2 Å². The molecule has 0 radical (unpaired) electrons. The number of nitrogens with zero attached hydrogens (tertiary/aromatic N) is 1. The SMILES string of the molecule is CC(CN1CCc2ccc(F)cc21)C(N)=S. The maximum Gasteiger partial charge on any atom is 0.125 e. The summed E-state index contributed by atoms with van der Waals surface area (Å²) in [5, 5.41) is 0. The third-order valence-corrected chi connectivity index (χ3v) is 3.42. The minimum Gasteiger partial charge on any atom is -0.393 e. The Balaban J connectivity index is 2.17. The summed E-state index contributed by atoms with van der Waals surface area (Å²) < 4.78 is 13.2. The van der Waals surface area contributed by atoms with Crippen LogP contribution in [0.2, 0.25) is 0 Å². The molecule has 1 aromatic rings. The van der Waals surface area contributed by atoms with Crippen molar-refractivity contribution in [3.05, 3.63) is 29.6 Å². The highest BCUT2D eigenvalue weighted by Crippen LogP contribution is 2.29. The first-order valence-corrected chi connectivity index (χ1v) is 5.81. The predicted octanol–water partition coefficient (Wildman–Crippen LogP) is 2.11. The highest BCUT2D eigenvalue weighted by atomic mass is 32.1. The average molecular weight is 238 g/mol. The Hall–Kier alpha value is -1.16. The van der Waals surface area contributed by atoms with E-state index < -0.39 is 0 Å². The molecule has 0 fully saturated rings. The van der Waals surface area contributed by atoms with Gasteiger partial charge in [-0.1, -0.05) is 25.2 Å². The number of thiocarbonyl (C=S) groups is 1. The Bertz CT molecular complexity index is 419. The van der Waals surface area contributed by atoms with E-state index in [0.29, 0.717) is 4.99 Å². The van der Waals surface area contributed by atoms with Crippen molar-refractivity contribution in [2.45, 2.75) is 13.3 Å². The minimum absolute atomic E-state index is 0.157. The molecule has 1 aromatic carbocycles. The lowest BCUT2D eigenvalue weighted by atomic mass is 10.1. The number of fused-ring (bicyclic) bond motifs is 1. The molecular weight excluding hydrogens is 223 g/mol. The zero-order valence-corrected chi connectivity index (χ0v) is 10.1. The molecule has 0 saturated carbocycles. The van der Waals surface area contributed by atoms with E-state index in [4.69, 9.17) is 18.0 Å². The van der Waals surface area contributed by atoms with Gasteiger partial charge in [0.25, 0.3) is 0 Å².